The van der Waals surface area contributed by atoms with Crippen molar-refractivity contribution in [2.45, 2.75) is 25.5 Å². The van der Waals surface area contributed by atoms with E-state index in [1.165, 1.54) is 0 Å². The van der Waals surface area contributed by atoms with Gasteiger partial charge in [0.05, 0.1) is 6.10 Å². The molecule has 0 radical (unpaired) electrons. The number of hydrazine groups is 1. The maximum Gasteiger partial charge on any atom is 0.107 e. The second-order valence-corrected chi connectivity index (χ2v) is 1.99. The first kappa shape index (κ1) is 9.44. The summed E-state index contributed by atoms with van der Waals surface area (Å²) >= 11 is 0. The van der Waals surface area contributed by atoms with E-state index in [1.807, 2.05) is 6.92 Å². The predicted molar refractivity (Wildman–Crippen MR) is 41.0 cm³/mol. The number of nitrogens with one attached hydrogen (secondary N) is 1. The molecular weight excluding hydrogens is 128 g/mol. The molecule has 0 heterocycles. The summed E-state index contributed by atoms with van der Waals surface area (Å²) in [5, 5.41) is 0. The highest BCUT2D eigenvalue weighted by Crippen LogP contribution is 2.00. The van der Waals surface area contributed by atoms with Crippen molar-refractivity contribution in [3.8, 4) is 12.3 Å². The molecule has 0 amide bonds. The van der Waals surface area contributed by atoms with E-state index < -0.39 is 0 Å². The number of nitrogens with two attached hydrogens (primary N) is 1. The van der Waals surface area contributed by atoms with E-state index in [0.717, 1.165) is 6.42 Å². The summed E-state index contributed by atoms with van der Waals surface area (Å²) in [4.78, 5) is 0. The summed E-state index contributed by atoms with van der Waals surface area (Å²) < 4.78 is 5.06. The summed E-state index contributed by atoms with van der Waals surface area (Å²) in [5.41, 5.74) is 2.49. The van der Waals surface area contributed by atoms with Crippen LogP contribution in [-0.4, -0.2) is 19.3 Å². The SMILES string of the molecule is C#CC(NN)C(CC)OC. The molecule has 0 saturated heterocycles. The first-order valence-corrected chi connectivity index (χ1v) is 3.25. The van der Waals surface area contributed by atoms with Crippen LogP contribution in [0, 0.1) is 12.3 Å². The molecule has 0 saturated carbocycles. The van der Waals surface area contributed by atoms with E-state index in [4.69, 9.17) is 17.0 Å². The van der Waals surface area contributed by atoms with Gasteiger partial charge in [-0.05, 0) is 6.42 Å². The number of ether oxygens (including phenoxy) is 1. The minimum atomic E-state index is -0.185. The third kappa shape index (κ3) is 2.36. The van der Waals surface area contributed by atoms with Gasteiger partial charge >= 0.3 is 0 Å². The molecule has 0 aromatic carbocycles. The number of methoxy groups -OCH3 is 1. The third-order valence-corrected chi connectivity index (χ3v) is 1.44. The zero-order valence-corrected chi connectivity index (χ0v) is 6.42. The predicted octanol–water partition coefficient (Wildman–Crippen LogP) is -0.124. The van der Waals surface area contributed by atoms with E-state index >= 15 is 0 Å². The van der Waals surface area contributed by atoms with Crippen LogP contribution >= 0.6 is 0 Å². The van der Waals surface area contributed by atoms with Crippen LogP contribution in [0.4, 0.5) is 0 Å². The topological polar surface area (TPSA) is 47.3 Å². The van der Waals surface area contributed by atoms with Crippen molar-refractivity contribution in [1.82, 2.24) is 5.43 Å². The maximum absolute atomic E-state index is 5.16. The summed E-state index contributed by atoms with van der Waals surface area (Å²) in [6, 6.07) is -0.185. The molecule has 0 aromatic heterocycles. The fourth-order valence-electron chi connectivity index (χ4n) is 0.801. The van der Waals surface area contributed by atoms with Gasteiger partial charge in [0.2, 0.25) is 0 Å². The van der Waals surface area contributed by atoms with Crippen LogP contribution < -0.4 is 11.3 Å². The van der Waals surface area contributed by atoms with Crippen molar-refractivity contribution in [3.05, 3.63) is 0 Å². The zero-order chi connectivity index (χ0) is 7.98. The highest BCUT2D eigenvalue weighted by atomic mass is 16.5. The highest BCUT2D eigenvalue weighted by molar-refractivity contribution is 5.01. The Hall–Kier alpha value is -0.560. The summed E-state index contributed by atoms with van der Waals surface area (Å²) in [5.74, 6) is 7.66. The smallest absolute Gasteiger partial charge is 0.107 e. The summed E-state index contributed by atoms with van der Waals surface area (Å²) in [6.45, 7) is 2.00. The van der Waals surface area contributed by atoms with Gasteiger partial charge in [0.15, 0.2) is 0 Å². The number of rotatable bonds is 4. The van der Waals surface area contributed by atoms with Crippen LogP contribution in [0.2, 0.25) is 0 Å². The van der Waals surface area contributed by atoms with Gasteiger partial charge < -0.3 is 4.74 Å². The molecule has 0 bridgehead atoms. The summed E-state index contributed by atoms with van der Waals surface area (Å²) in [6.07, 6.45) is 6.03. The average molecular weight is 142 g/mol. The molecule has 3 N–H and O–H groups in total. The average Bonchev–Trinajstić information content (AvgIpc) is 2.00. The second-order valence-electron chi connectivity index (χ2n) is 1.99. The number of hydrogen-bond donors (Lipinski definition) is 2. The number of hydrogen-bond acceptors (Lipinski definition) is 3. The lowest BCUT2D eigenvalue weighted by atomic mass is 10.1. The van der Waals surface area contributed by atoms with Gasteiger partial charge in [0.1, 0.15) is 6.04 Å². The fraction of sp³-hybridized carbons (Fsp3) is 0.714. The molecular formula is C7H14N2O. The lowest BCUT2D eigenvalue weighted by molar-refractivity contribution is 0.0816. The van der Waals surface area contributed by atoms with E-state index in [0.29, 0.717) is 0 Å². The Labute approximate surface area is 61.9 Å². The van der Waals surface area contributed by atoms with Crippen molar-refractivity contribution in [2.75, 3.05) is 7.11 Å². The Balaban J connectivity index is 3.85. The second kappa shape index (κ2) is 5.24. The molecule has 3 heteroatoms. The van der Waals surface area contributed by atoms with E-state index in [-0.39, 0.29) is 12.1 Å². The van der Waals surface area contributed by atoms with Gasteiger partial charge in [-0.25, -0.2) is 5.43 Å². The normalized spacial score (nSPS) is 15.8. The van der Waals surface area contributed by atoms with E-state index in [2.05, 4.69) is 11.3 Å². The van der Waals surface area contributed by atoms with Gasteiger partial charge in [-0.15, -0.1) is 6.42 Å². The molecule has 58 valence electrons. The van der Waals surface area contributed by atoms with Crippen LogP contribution in [0.25, 0.3) is 0 Å². The van der Waals surface area contributed by atoms with Gasteiger partial charge in [-0.2, -0.15) is 0 Å². The van der Waals surface area contributed by atoms with Crippen molar-refractivity contribution in [2.24, 2.45) is 5.84 Å². The zero-order valence-electron chi connectivity index (χ0n) is 6.42. The Morgan fingerprint density at radius 1 is 1.80 bits per heavy atom. The summed E-state index contributed by atoms with van der Waals surface area (Å²) in [7, 11) is 1.62. The van der Waals surface area contributed by atoms with Crippen LogP contribution in [0.3, 0.4) is 0 Å². The van der Waals surface area contributed by atoms with Crippen LogP contribution in [0.1, 0.15) is 13.3 Å². The van der Waals surface area contributed by atoms with Gasteiger partial charge in [0.25, 0.3) is 0 Å². The molecule has 0 fully saturated rings. The quantitative estimate of drug-likeness (QED) is 0.327. The van der Waals surface area contributed by atoms with Gasteiger partial charge in [-0.3, -0.25) is 5.84 Å². The van der Waals surface area contributed by atoms with E-state index in [1.54, 1.807) is 7.11 Å². The molecule has 0 aromatic rings. The molecule has 0 aliphatic rings. The van der Waals surface area contributed by atoms with E-state index in [9.17, 15) is 0 Å². The standard InChI is InChI=1S/C7H14N2O/c1-4-6(9-8)7(5-2)10-3/h1,6-7,9H,5,8H2,2-3H3. The monoisotopic (exact) mass is 142 g/mol. The van der Waals surface area contributed by atoms with Crippen molar-refractivity contribution >= 4 is 0 Å². The molecule has 3 nitrogen and oxygen atoms in total. The third-order valence-electron chi connectivity index (χ3n) is 1.44. The molecule has 2 unspecified atom stereocenters. The van der Waals surface area contributed by atoms with Crippen molar-refractivity contribution < 1.29 is 4.74 Å². The molecule has 0 aliphatic carbocycles. The first-order valence-electron chi connectivity index (χ1n) is 3.25. The van der Waals surface area contributed by atoms with Gasteiger partial charge in [0, 0.05) is 7.11 Å². The van der Waals surface area contributed by atoms with Crippen molar-refractivity contribution in [1.29, 1.82) is 0 Å². The molecule has 0 aliphatic heterocycles. The Morgan fingerprint density at radius 3 is 2.50 bits per heavy atom. The molecule has 0 rings (SSSR count). The van der Waals surface area contributed by atoms with Crippen LogP contribution in [0.5, 0.6) is 0 Å². The molecule has 10 heavy (non-hydrogen) atoms. The van der Waals surface area contributed by atoms with Crippen LogP contribution in [-0.2, 0) is 4.74 Å². The number of terminal acetylenes is 1. The Morgan fingerprint density at radius 2 is 2.40 bits per heavy atom. The largest absolute Gasteiger partial charge is 0.379 e. The minimum Gasteiger partial charge on any atom is -0.379 e. The fourth-order valence-corrected chi connectivity index (χ4v) is 0.801. The minimum absolute atomic E-state index is 0.00926. The lowest BCUT2D eigenvalue weighted by Crippen LogP contribution is -2.43. The lowest BCUT2D eigenvalue weighted by Gasteiger charge is -2.18. The molecule has 0 spiro atoms. The Bertz CT molecular complexity index is 115. The maximum atomic E-state index is 5.16. The molecule has 2 atom stereocenters. The highest BCUT2D eigenvalue weighted by Gasteiger charge is 2.14. The van der Waals surface area contributed by atoms with Gasteiger partial charge in [-0.1, -0.05) is 12.8 Å². The Kier molecular flexibility index (Phi) is 4.95. The first-order chi connectivity index (χ1) is 4.79. The van der Waals surface area contributed by atoms with Crippen LogP contribution in [0.15, 0.2) is 0 Å². The van der Waals surface area contributed by atoms with Crippen molar-refractivity contribution in [3.63, 3.8) is 0 Å².